The number of rotatable bonds is 4. The van der Waals surface area contributed by atoms with Gasteiger partial charge in [-0.15, -0.1) is 11.8 Å². The van der Waals surface area contributed by atoms with Crippen LogP contribution in [0.4, 0.5) is 11.4 Å². The Kier molecular flexibility index (Phi) is 4.47. The van der Waals surface area contributed by atoms with E-state index in [4.69, 9.17) is 5.73 Å². The van der Waals surface area contributed by atoms with Crippen LogP contribution < -0.4 is 11.1 Å². The van der Waals surface area contributed by atoms with Crippen molar-refractivity contribution in [1.82, 2.24) is 0 Å². The predicted molar refractivity (Wildman–Crippen MR) is 81.4 cm³/mol. The molecule has 0 bridgehead atoms. The highest BCUT2D eigenvalue weighted by atomic mass is 32.2. The van der Waals surface area contributed by atoms with Crippen LogP contribution >= 0.6 is 11.8 Å². The largest absolute Gasteiger partial charge is 0.397 e. The molecule has 0 atom stereocenters. The topological polar surface area (TPSA) is 55.1 Å². The molecular weight excluding hydrogens is 256 g/mol. The monoisotopic (exact) mass is 272 g/mol. The minimum Gasteiger partial charge on any atom is -0.397 e. The van der Waals surface area contributed by atoms with E-state index in [0.29, 0.717) is 17.1 Å². The molecule has 0 aliphatic rings. The summed E-state index contributed by atoms with van der Waals surface area (Å²) >= 11 is 1.50. The first kappa shape index (κ1) is 13.5. The lowest BCUT2D eigenvalue weighted by Crippen LogP contribution is -2.15. The van der Waals surface area contributed by atoms with Crippen molar-refractivity contribution in [3.63, 3.8) is 0 Å². The van der Waals surface area contributed by atoms with Crippen LogP contribution in [0, 0.1) is 6.92 Å². The van der Waals surface area contributed by atoms with Crippen molar-refractivity contribution in [3.05, 3.63) is 54.1 Å². The summed E-state index contributed by atoms with van der Waals surface area (Å²) in [5.74, 6) is 0.321. The molecule has 2 aromatic rings. The smallest absolute Gasteiger partial charge is 0.234 e. The van der Waals surface area contributed by atoms with Gasteiger partial charge in [-0.3, -0.25) is 4.79 Å². The summed E-state index contributed by atoms with van der Waals surface area (Å²) in [6.07, 6.45) is 0. The van der Waals surface area contributed by atoms with Gasteiger partial charge in [-0.2, -0.15) is 0 Å². The lowest BCUT2D eigenvalue weighted by molar-refractivity contribution is -0.113. The molecule has 19 heavy (non-hydrogen) atoms. The summed E-state index contributed by atoms with van der Waals surface area (Å²) in [5, 5.41) is 2.82. The molecule has 2 aromatic carbocycles. The van der Waals surface area contributed by atoms with Crippen molar-refractivity contribution in [2.45, 2.75) is 11.8 Å². The zero-order valence-electron chi connectivity index (χ0n) is 10.7. The number of nitrogens with one attached hydrogen (secondary N) is 1. The van der Waals surface area contributed by atoms with E-state index in [1.165, 1.54) is 11.8 Å². The second-order valence-corrected chi connectivity index (χ2v) is 5.29. The fraction of sp³-hybridized carbons (Fsp3) is 0.133. The first-order chi connectivity index (χ1) is 9.15. The standard InChI is InChI=1S/C15H16N2OS/c1-11-7-8-14(13(16)9-11)17-15(18)10-19-12-5-3-2-4-6-12/h2-9H,10,16H2,1H3,(H,17,18). The third-order valence-corrected chi connectivity index (χ3v) is 3.61. The fourth-order valence-electron chi connectivity index (χ4n) is 1.65. The van der Waals surface area contributed by atoms with E-state index in [1.807, 2.05) is 55.5 Å². The molecule has 3 nitrogen and oxygen atoms in total. The molecule has 0 aromatic heterocycles. The summed E-state index contributed by atoms with van der Waals surface area (Å²) in [7, 11) is 0. The number of benzene rings is 2. The van der Waals surface area contributed by atoms with Crippen LogP contribution in [0.2, 0.25) is 0 Å². The normalized spacial score (nSPS) is 10.2. The number of hydrogen-bond acceptors (Lipinski definition) is 3. The number of hydrogen-bond donors (Lipinski definition) is 2. The van der Waals surface area contributed by atoms with Gasteiger partial charge in [-0.05, 0) is 36.8 Å². The molecule has 1 amide bonds. The maximum Gasteiger partial charge on any atom is 0.234 e. The molecule has 4 heteroatoms. The van der Waals surface area contributed by atoms with Gasteiger partial charge in [0.05, 0.1) is 17.1 Å². The van der Waals surface area contributed by atoms with E-state index in [9.17, 15) is 4.79 Å². The van der Waals surface area contributed by atoms with Gasteiger partial charge in [0.15, 0.2) is 0 Å². The quantitative estimate of drug-likeness (QED) is 0.663. The number of thioether (sulfide) groups is 1. The van der Waals surface area contributed by atoms with E-state index < -0.39 is 0 Å². The van der Waals surface area contributed by atoms with Crippen LogP contribution in [-0.2, 0) is 4.79 Å². The average molecular weight is 272 g/mol. The van der Waals surface area contributed by atoms with Crippen molar-refractivity contribution in [3.8, 4) is 0 Å². The van der Waals surface area contributed by atoms with Gasteiger partial charge in [-0.1, -0.05) is 24.3 Å². The predicted octanol–water partition coefficient (Wildman–Crippen LogP) is 3.31. The van der Waals surface area contributed by atoms with Gasteiger partial charge >= 0.3 is 0 Å². The van der Waals surface area contributed by atoms with Gasteiger partial charge in [0.2, 0.25) is 5.91 Å². The third-order valence-electron chi connectivity index (χ3n) is 2.59. The van der Waals surface area contributed by atoms with Crippen molar-refractivity contribution < 1.29 is 4.79 Å². The molecule has 0 aliphatic carbocycles. The zero-order chi connectivity index (χ0) is 13.7. The average Bonchev–Trinajstić information content (AvgIpc) is 2.41. The Bertz CT molecular complexity index is 570. The molecule has 0 spiro atoms. The summed E-state index contributed by atoms with van der Waals surface area (Å²) in [6.45, 7) is 1.97. The van der Waals surface area contributed by atoms with Crippen molar-refractivity contribution in [1.29, 1.82) is 0 Å². The van der Waals surface area contributed by atoms with E-state index in [0.717, 1.165) is 10.5 Å². The van der Waals surface area contributed by atoms with Crippen molar-refractivity contribution >= 4 is 29.0 Å². The van der Waals surface area contributed by atoms with Gasteiger partial charge in [0, 0.05) is 4.90 Å². The Labute approximate surface area is 117 Å². The van der Waals surface area contributed by atoms with Crippen LogP contribution in [0.5, 0.6) is 0 Å². The Morgan fingerprint density at radius 3 is 2.63 bits per heavy atom. The zero-order valence-corrected chi connectivity index (χ0v) is 11.5. The van der Waals surface area contributed by atoms with E-state index in [-0.39, 0.29) is 5.91 Å². The summed E-state index contributed by atoms with van der Waals surface area (Å²) in [4.78, 5) is 12.9. The Morgan fingerprint density at radius 1 is 1.21 bits per heavy atom. The molecule has 0 heterocycles. The van der Waals surface area contributed by atoms with Crippen LogP contribution in [0.15, 0.2) is 53.4 Å². The summed E-state index contributed by atoms with van der Waals surface area (Å²) < 4.78 is 0. The molecule has 0 aliphatic heterocycles. The maximum absolute atomic E-state index is 11.8. The molecule has 0 saturated heterocycles. The second-order valence-electron chi connectivity index (χ2n) is 4.24. The lowest BCUT2D eigenvalue weighted by atomic mass is 10.2. The van der Waals surface area contributed by atoms with Crippen molar-refractivity contribution in [2.24, 2.45) is 0 Å². The first-order valence-corrected chi connectivity index (χ1v) is 6.97. The minimum absolute atomic E-state index is 0.0515. The van der Waals surface area contributed by atoms with Crippen LogP contribution in [0.25, 0.3) is 0 Å². The minimum atomic E-state index is -0.0515. The van der Waals surface area contributed by atoms with Crippen molar-refractivity contribution in [2.75, 3.05) is 16.8 Å². The molecular formula is C15H16N2OS. The number of aryl methyl sites for hydroxylation is 1. The molecule has 0 saturated carbocycles. The Morgan fingerprint density at radius 2 is 1.95 bits per heavy atom. The highest BCUT2D eigenvalue weighted by Gasteiger charge is 2.06. The Balaban J connectivity index is 1.91. The molecule has 0 fully saturated rings. The Hall–Kier alpha value is -1.94. The van der Waals surface area contributed by atoms with E-state index in [1.54, 1.807) is 0 Å². The van der Waals surface area contributed by atoms with Crippen LogP contribution in [-0.4, -0.2) is 11.7 Å². The third kappa shape index (κ3) is 4.03. The highest BCUT2D eigenvalue weighted by Crippen LogP contribution is 2.21. The number of carbonyl (C=O) groups excluding carboxylic acids is 1. The molecule has 2 rings (SSSR count). The summed E-state index contributed by atoms with van der Waals surface area (Å²) in [6, 6.07) is 15.4. The number of nitrogens with two attached hydrogens (primary N) is 1. The van der Waals surface area contributed by atoms with Crippen LogP contribution in [0.3, 0.4) is 0 Å². The first-order valence-electron chi connectivity index (χ1n) is 5.99. The number of carbonyl (C=O) groups is 1. The van der Waals surface area contributed by atoms with Gasteiger partial charge in [0.1, 0.15) is 0 Å². The number of amides is 1. The SMILES string of the molecule is Cc1ccc(NC(=O)CSc2ccccc2)c(N)c1. The van der Waals surface area contributed by atoms with E-state index >= 15 is 0 Å². The lowest BCUT2D eigenvalue weighted by Gasteiger charge is -2.08. The van der Waals surface area contributed by atoms with E-state index in [2.05, 4.69) is 5.32 Å². The maximum atomic E-state index is 11.8. The van der Waals surface area contributed by atoms with Crippen LogP contribution in [0.1, 0.15) is 5.56 Å². The number of nitrogen functional groups attached to an aromatic ring is 1. The fourth-order valence-corrected chi connectivity index (χ4v) is 2.37. The second kappa shape index (κ2) is 6.29. The molecule has 0 radical (unpaired) electrons. The van der Waals surface area contributed by atoms with Gasteiger partial charge in [-0.25, -0.2) is 0 Å². The number of anilines is 2. The van der Waals surface area contributed by atoms with Gasteiger partial charge in [0.25, 0.3) is 0 Å². The van der Waals surface area contributed by atoms with Gasteiger partial charge < -0.3 is 11.1 Å². The molecule has 3 N–H and O–H groups in total. The molecule has 98 valence electrons. The highest BCUT2D eigenvalue weighted by molar-refractivity contribution is 8.00. The summed E-state index contributed by atoms with van der Waals surface area (Å²) in [5.41, 5.74) is 8.20. The molecule has 0 unspecified atom stereocenters.